The van der Waals surface area contributed by atoms with Crippen LogP contribution in [0, 0.1) is 0 Å². The number of allylic oxidation sites excluding steroid dienone is 4. The van der Waals surface area contributed by atoms with Crippen molar-refractivity contribution in [2.24, 2.45) is 0 Å². The van der Waals surface area contributed by atoms with E-state index < -0.39 is 7.92 Å². The molecule has 1 saturated heterocycles. The highest BCUT2D eigenvalue weighted by molar-refractivity contribution is 7.77. The Labute approximate surface area is 162 Å². The second-order valence-corrected chi connectivity index (χ2v) is 9.56. The van der Waals surface area contributed by atoms with Crippen molar-refractivity contribution < 1.29 is 0 Å². The van der Waals surface area contributed by atoms with Gasteiger partial charge in [0.05, 0.1) is 0 Å². The normalized spacial score (nSPS) is 21.6. The second kappa shape index (κ2) is 8.05. The van der Waals surface area contributed by atoms with Crippen molar-refractivity contribution in [3.63, 3.8) is 0 Å². The molecule has 0 N–H and O–H groups in total. The van der Waals surface area contributed by atoms with Gasteiger partial charge in [-0.15, -0.1) is 0 Å². The lowest BCUT2D eigenvalue weighted by atomic mass is 10.1. The van der Waals surface area contributed by atoms with Gasteiger partial charge in [-0.05, 0) is 74.8 Å². The minimum absolute atomic E-state index is 0.441. The van der Waals surface area contributed by atoms with E-state index in [0.29, 0.717) is 11.2 Å². The van der Waals surface area contributed by atoms with E-state index in [0.717, 1.165) is 19.4 Å². The first-order valence-corrected chi connectivity index (χ1v) is 11.0. The van der Waals surface area contributed by atoms with Gasteiger partial charge in [-0.25, -0.2) is 4.98 Å². The van der Waals surface area contributed by atoms with Gasteiger partial charge in [0.2, 0.25) is 0 Å². The van der Waals surface area contributed by atoms with Crippen molar-refractivity contribution in [3.05, 3.63) is 76.9 Å². The smallest absolute Gasteiger partial charge is 0.129 e. The molecule has 1 aliphatic heterocycles. The van der Waals surface area contributed by atoms with Crippen molar-refractivity contribution in [3.8, 4) is 0 Å². The van der Waals surface area contributed by atoms with Crippen molar-refractivity contribution in [1.82, 2.24) is 9.88 Å². The fourth-order valence-corrected chi connectivity index (χ4v) is 6.80. The van der Waals surface area contributed by atoms with E-state index >= 15 is 0 Å². The molecule has 26 heavy (non-hydrogen) atoms. The van der Waals surface area contributed by atoms with Crippen LogP contribution in [-0.4, -0.2) is 23.5 Å². The summed E-state index contributed by atoms with van der Waals surface area (Å²) in [5.74, 6) is 0. The first kappa shape index (κ1) is 17.9. The zero-order valence-corrected chi connectivity index (χ0v) is 16.8. The Morgan fingerprint density at radius 3 is 2.73 bits per heavy atom. The third kappa shape index (κ3) is 3.64. The molecule has 0 radical (unpaired) electrons. The Morgan fingerprint density at radius 2 is 2.04 bits per heavy atom. The van der Waals surface area contributed by atoms with E-state index in [4.69, 9.17) is 11.6 Å². The molecule has 1 aromatic heterocycles. The van der Waals surface area contributed by atoms with Crippen LogP contribution < -0.4 is 10.6 Å². The highest BCUT2D eigenvalue weighted by Crippen LogP contribution is 2.47. The zero-order valence-electron chi connectivity index (χ0n) is 15.1. The molecule has 4 heteroatoms. The Kier molecular flexibility index (Phi) is 5.55. The highest BCUT2D eigenvalue weighted by Gasteiger charge is 2.29. The summed E-state index contributed by atoms with van der Waals surface area (Å²) in [5, 5.41) is 4.77. The summed E-state index contributed by atoms with van der Waals surface area (Å²) >= 11 is 6.38. The maximum Gasteiger partial charge on any atom is 0.129 e. The number of likely N-dealkylation sites (tertiary alicyclic amines) is 1. The molecule has 2 aliphatic rings. The molecule has 1 aliphatic carbocycles. The van der Waals surface area contributed by atoms with E-state index in [-0.39, 0.29) is 0 Å². The second-order valence-electron chi connectivity index (χ2n) is 6.98. The summed E-state index contributed by atoms with van der Waals surface area (Å²) in [7, 11) is 1.60. The van der Waals surface area contributed by atoms with E-state index in [1.165, 1.54) is 34.3 Å². The van der Waals surface area contributed by atoms with Crippen molar-refractivity contribution in [2.75, 3.05) is 13.6 Å². The van der Waals surface area contributed by atoms with Crippen LogP contribution in [0.1, 0.15) is 37.3 Å². The number of halogens is 1. The lowest BCUT2D eigenvalue weighted by Gasteiger charge is -2.28. The van der Waals surface area contributed by atoms with Crippen molar-refractivity contribution >= 4 is 30.1 Å². The maximum absolute atomic E-state index is 6.38. The first-order valence-electron chi connectivity index (χ1n) is 9.31. The summed E-state index contributed by atoms with van der Waals surface area (Å²) < 4.78 is 0. The van der Waals surface area contributed by atoms with Crippen LogP contribution in [0.25, 0.3) is 0 Å². The summed E-state index contributed by atoms with van der Waals surface area (Å²) in [6.07, 6.45) is 13.8. The minimum atomic E-state index is -0.618. The molecule has 0 amide bonds. The number of benzene rings is 1. The van der Waals surface area contributed by atoms with Crippen LogP contribution in [-0.2, 0) is 0 Å². The van der Waals surface area contributed by atoms with E-state index in [1.54, 1.807) is 0 Å². The van der Waals surface area contributed by atoms with Crippen LogP contribution in [0.3, 0.4) is 0 Å². The quantitative estimate of drug-likeness (QED) is 0.535. The average molecular weight is 383 g/mol. The van der Waals surface area contributed by atoms with E-state index in [2.05, 4.69) is 71.6 Å². The number of rotatable bonds is 4. The molecule has 2 heterocycles. The van der Waals surface area contributed by atoms with Gasteiger partial charge in [-0.1, -0.05) is 60.2 Å². The van der Waals surface area contributed by atoms with Crippen LogP contribution in [0.2, 0.25) is 5.15 Å². The topological polar surface area (TPSA) is 16.1 Å². The average Bonchev–Trinajstić information content (AvgIpc) is 3.10. The minimum Gasteiger partial charge on any atom is -0.299 e. The summed E-state index contributed by atoms with van der Waals surface area (Å²) in [6.45, 7) is 1.15. The predicted molar refractivity (Wildman–Crippen MR) is 113 cm³/mol. The summed E-state index contributed by atoms with van der Waals surface area (Å²) in [6, 6.07) is 13.4. The molecule has 1 aromatic carbocycles. The molecule has 0 spiro atoms. The first-order chi connectivity index (χ1) is 12.7. The van der Waals surface area contributed by atoms with Gasteiger partial charge in [0, 0.05) is 12.2 Å². The Balaban J connectivity index is 1.87. The molecular formula is C22H24ClN2P. The number of pyridine rings is 1. The molecular weight excluding hydrogens is 359 g/mol. The third-order valence-electron chi connectivity index (χ3n) is 5.25. The summed E-state index contributed by atoms with van der Waals surface area (Å²) in [4.78, 5) is 6.91. The van der Waals surface area contributed by atoms with Crippen LogP contribution in [0.4, 0.5) is 0 Å². The van der Waals surface area contributed by atoms with E-state index in [1.807, 2.05) is 6.20 Å². The Bertz CT molecular complexity index is 831. The van der Waals surface area contributed by atoms with Crippen LogP contribution in [0.5, 0.6) is 0 Å². The van der Waals surface area contributed by atoms with Crippen molar-refractivity contribution in [1.29, 1.82) is 0 Å². The SMILES string of the molecule is CN1CCCC1c1cnc(Cl)cc1P(C1=CCCC=C1)c1ccccc1. The fraction of sp³-hybridized carbons (Fsp3) is 0.318. The molecule has 2 atom stereocenters. The van der Waals surface area contributed by atoms with Gasteiger partial charge in [0.15, 0.2) is 0 Å². The number of hydrogen-bond acceptors (Lipinski definition) is 2. The largest absolute Gasteiger partial charge is 0.299 e. The number of hydrogen-bond donors (Lipinski definition) is 0. The van der Waals surface area contributed by atoms with Gasteiger partial charge < -0.3 is 0 Å². The van der Waals surface area contributed by atoms with Gasteiger partial charge in [0.25, 0.3) is 0 Å². The fourth-order valence-electron chi connectivity index (χ4n) is 3.95. The molecule has 1 fully saturated rings. The van der Waals surface area contributed by atoms with Crippen LogP contribution in [0.15, 0.2) is 66.1 Å². The number of aromatic nitrogens is 1. The molecule has 2 aromatic rings. The molecule has 0 saturated carbocycles. The highest BCUT2D eigenvalue weighted by atomic mass is 35.5. The Hall–Kier alpha value is -1.47. The Morgan fingerprint density at radius 1 is 1.19 bits per heavy atom. The van der Waals surface area contributed by atoms with Crippen molar-refractivity contribution in [2.45, 2.75) is 31.7 Å². The van der Waals surface area contributed by atoms with Gasteiger partial charge in [-0.2, -0.15) is 0 Å². The van der Waals surface area contributed by atoms with E-state index in [9.17, 15) is 0 Å². The van der Waals surface area contributed by atoms with Crippen LogP contribution >= 0.6 is 19.5 Å². The summed E-state index contributed by atoms with van der Waals surface area (Å²) in [5.41, 5.74) is 1.35. The lowest BCUT2D eigenvalue weighted by Crippen LogP contribution is -2.25. The van der Waals surface area contributed by atoms with Gasteiger partial charge in [0.1, 0.15) is 5.15 Å². The zero-order chi connectivity index (χ0) is 17.9. The van der Waals surface area contributed by atoms with Gasteiger partial charge in [-0.3, -0.25) is 4.90 Å². The van der Waals surface area contributed by atoms with Gasteiger partial charge >= 0.3 is 0 Å². The monoisotopic (exact) mass is 382 g/mol. The molecule has 2 nitrogen and oxygen atoms in total. The lowest BCUT2D eigenvalue weighted by molar-refractivity contribution is 0.318. The maximum atomic E-state index is 6.38. The predicted octanol–water partition coefficient (Wildman–Crippen LogP) is 5.17. The number of nitrogens with zero attached hydrogens (tertiary/aromatic N) is 2. The molecule has 0 bridgehead atoms. The third-order valence-corrected chi connectivity index (χ3v) is 7.99. The standard InChI is InChI=1S/C22H24ClN2P/c1-25-14-8-13-20(25)19-16-24-22(23)15-21(19)26(17-9-4-2-5-10-17)18-11-6-3-7-12-18/h2,4-6,9-12,15-16,20H,3,7-8,13-14H2,1H3. The molecule has 134 valence electrons. The molecule has 2 unspecified atom stereocenters. The molecule has 4 rings (SSSR count).